The van der Waals surface area contributed by atoms with E-state index in [0.29, 0.717) is 16.5 Å². The molecular formula is C22H15Cl2NO6. The summed E-state index contributed by atoms with van der Waals surface area (Å²) < 4.78 is 10.5. The highest BCUT2D eigenvalue weighted by Gasteiger charge is 2.37. The lowest BCUT2D eigenvalue weighted by Crippen LogP contribution is -2.35. The molecule has 7 nitrogen and oxygen atoms in total. The van der Waals surface area contributed by atoms with Crippen LogP contribution < -0.4 is 5.63 Å². The molecular weight excluding hydrogens is 445 g/mol. The number of amides is 2. The van der Waals surface area contributed by atoms with Crippen molar-refractivity contribution in [2.45, 2.75) is 20.5 Å². The number of imide groups is 1. The number of benzene rings is 2. The van der Waals surface area contributed by atoms with E-state index in [1.165, 1.54) is 18.2 Å². The zero-order valence-electron chi connectivity index (χ0n) is 16.5. The maximum Gasteiger partial charge on any atom is 0.336 e. The molecule has 2 heterocycles. The first-order chi connectivity index (χ1) is 14.7. The van der Waals surface area contributed by atoms with Crippen LogP contribution in [-0.4, -0.2) is 29.2 Å². The van der Waals surface area contributed by atoms with Crippen LogP contribution in [-0.2, 0) is 16.1 Å². The van der Waals surface area contributed by atoms with E-state index in [1.807, 2.05) is 19.9 Å². The van der Waals surface area contributed by atoms with Gasteiger partial charge in [-0.05, 0) is 37.1 Å². The number of hydrogen-bond acceptors (Lipinski definition) is 6. The average Bonchev–Trinajstić information content (AvgIpc) is 2.94. The van der Waals surface area contributed by atoms with Crippen LogP contribution in [0.25, 0.3) is 11.0 Å². The molecule has 2 amide bonds. The van der Waals surface area contributed by atoms with Gasteiger partial charge in [-0.3, -0.25) is 19.3 Å². The SMILES string of the molecule is Cc1ccc2c(COC(=O)CN3C(=O)c4cc(Cl)c(Cl)cc4C3=O)cc(=O)oc2c1C. The van der Waals surface area contributed by atoms with Gasteiger partial charge < -0.3 is 9.15 Å². The third-order valence-corrected chi connectivity index (χ3v) is 5.93. The Labute approximate surface area is 186 Å². The van der Waals surface area contributed by atoms with Crippen molar-refractivity contribution in [1.82, 2.24) is 4.90 Å². The van der Waals surface area contributed by atoms with E-state index < -0.39 is 30.0 Å². The number of carbonyl (C=O) groups is 3. The minimum atomic E-state index is -0.808. The van der Waals surface area contributed by atoms with E-state index in [0.717, 1.165) is 16.0 Å². The second-order valence-electron chi connectivity index (χ2n) is 7.14. The Morgan fingerprint density at radius 2 is 1.61 bits per heavy atom. The topological polar surface area (TPSA) is 93.9 Å². The molecule has 0 saturated carbocycles. The van der Waals surface area contributed by atoms with Crippen LogP contribution in [0.5, 0.6) is 0 Å². The largest absolute Gasteiger partial charge is 0.459 e. The molecule has 158 valence electrons. The van der Waals surface area contributed by atoms with E-state index in [9.17, 15) is 19.2 Å². The number of aryl methyl sites for hydroxylation is 2. The fourth-order valence-electron chi connectivity index (χ4n) is 3.40. The molecule has 0 bridgehead atoms. The molecule has 3 aromatic rings. The van der Waals surface area contributed by atoms with Gasteiger partial charge in [-0.25, -0.2) is 4.79 Å². The zero-order chi connectivity index (χ0) is 22.4. The number of ether oxygens (including phenoxy) is 1. The quantitative estimate of drug-likeness (QED) is 0.331. The first kappa shape index (κ1) is 21.1. The summed E-state index contributed by atoms with van der Waals surface area (Å²) in [4.78, 5) is 50.1. The first-order valence-corrected chi connectivity index (χ1v) is 9.96. The Hall–Kier alpha value is -3.16. The van der Waals surface area contributed by atoms with Gasteiger partial charge in [0.15, 0.2) is 0 Å². The van der Waals surface area contributed by atoms with Crippen LogP contribution in [0.4, 0.5) is 0 Å². The first-order valence-electron chi connectivity index (χ1n) is 9.21. The summed E-state index contributed by atoms with van der Waals surface area (Å²) in [7, 11) is 0. The van der Waals surface area contributed by atoms with Crippen LogP contribution in [0.1, 0.15) is 37.4 Å². The number of hydrogen-bond donors (Lipinski definition) is 0. The third kappa shape index (κ3) is 3.71. The molecule has 0 saturated heterocycles. The Kier molecular flexibility index (Phi) is 5.33. The lowest BCUT2D eigenvalue weighted by Gasteiger charge is -2.14. The molecule has 1 aliphatic heterocycles. The smallest absolute Gasteiger partial charge is 0.336 e. The van der Waals surface area contributed by atoms with Gasteiger partial charge in [-0.15, -0.1) is 0 Å². The van der Waals surface area contributed by atoms with Crippen molar-refractivity contribution in [2.24, 2.45) is 0 Å². The summed E-state index contributed by atoms with van der Waals surface area (Å²) in [5.41, 5.74) is 2.23. The number of rotatable bonds is 4. The molecule has 1 aromatic heterocycles. The number of esters is 1. The monoisotopic (exact) mass is 459 g/mol. The van der Waals surface area contributed by atoms with Crippen LogP contribution in [0.3, 0.4) is 0 Å². The fraction of sp³-hybridized carbons (Fsp3) is 0.182. The van der Waals surface area contributed by atoms with Gasteiger partial charge in [0.1, 0.15) is 18.7 Å². The van der Waals surface area contributed by atoms with E-state index in [-0.39, 0.29) is 27.8 Å². The minimum absolute atomic E-state index is 0.0738. The highest BCUT2D eigenvalue weighted by atomic mass is 35.5. The highest BCUT2D eigenvalue weighted by molar-refractivity contribution is 6.43. The number of carbonyl (C=O) groups excluding carboxylic acids is 3. The van der Waals surface area contributed by atoms with Crippen molar-refractivity contribution in [3.63, 3.8) is 0 Å². The van der Waals surface area contributed by atoms with E-state index >= 15 is 0 Å². The number of halogens is 2. The Morgan fingerprint density at radius 3 is 2.23 bits per heavy atom. The highest BCUT2D eigenvalue weighted by Crippen LogP contribution is 2.31. The summed E-state index contributed by atoms with van der Waals surface area (Å²) in [6.45, 7) is 2.92. The van der Waals surface area contributed by atoms with Gasteiger partial charge in [-0.1, -0.05) is 35.3 Å². The van der Waals surface area contributed by atoms with Crippen LogP contribution in [0, 0.1) is 13.8 Å². The van der Waals surface area contributed by atoms with Gasteiger partial charge in [0.2, 0.25) is 0 Å². The summed E-state index contributed by atoms with van der Waals surface area (Å²) in [5, 5.41) is 0.901. The normalized spacial score (nSPS) is 13.1. The van der Waals surface area contributed by atoms with E-state index in [1.54, 1.807) is 6.07 Å². The molecule has 0 aliphatic carbocycles. The predicted molar refractivity (Wildman–Crippen MR) is 114 cm³/mol. The molecule has 31 heavy (non-hydrogen) atoms. The van der Waals surface area contributed by atoms with Crippen LogP contribution in [0.15, 0.2) is 39.5 Å². The van der Waals surface area contributed by atoms with Gasteiger partial charge in [0, 0.05) is 17.0 Å². The molecule has 0 atom stereocenters. The van der Waals surface area contributed by atoms with Crippen molar-refractivity contribution in [3.8, 4) is 0 Å². The van der Waals surface area contributed by atoms with Crippen LogP contribution >= 0.6 is 23.2 Å². The average molecular weight is 460 g/mol. The molecule has 2 aromatic carbocycles. The third-order valence-electron chi connectivity index (χ3n) is 5.20. The maximum atomic E-state index is 12.5. The lowest BCUT2D eigenvalue weighted by molar-refractivity contribution is -0.145. The van der Waals surface area contributed by atoms with Crippen molar-refractivity contribution in [1.29, 1.82) is 0 Å². The fourth-order valence-corrected chi connectivity index (χ4v) is 3.73. The summed E-state index contributed by atoms with van der Waals surface area (Å²) in [5.74, 6) is -2.13. The second-order valence-corrected chi connectivity index (χ2v) is 7.96. The summed E-state index contributed by atoms with van der Waals surface area (Å²) >= 11 is 11.8. The molecule has 4 rings (SSSR count). The molecule has 0 fully saturated rings. The van der Waals surface area contributed by atoms with Gasteiger partial charge in [0.25, 0.3) is 11.8 Å². The number of nitrogens with zero attached hydrogens (tertiary/aromatic N) is 1. The summed E-state index contributed by atoms with van der Waals surface area (Å²) in [6.07, 6.45) is 0. The minimum Gasteiger partial charge on any atom is -0.459 e. The van der Waals surface area contributed by atoms with Gasteiger partial charge >= 0.3 is 11.6 Å². The van der Waals surface area contributed by atoms with Crippen LogP contribution in [0.2, 0.25) is 10.0 Å². The predicted octanol–water partition coefficient (Wildman–Crippen LogP) is 4.06. The lowest BCUT2D eigenvalue weighted by atomic mass is 10.0. The van der Waals surface area contributed by atoms with Crippen molar-refractivity contribution >= 4 is 52.0 Å². The summed E-state index contributed by atoms with van der Waals surface area (Å²) in [6, 6.07) is 7.49. The van der Waals surface area contributed by atoms with Crippen molar-refractivity contribution in [3.05, 3.63) is 78.6 Å². The molecule has 0 N–H and O–H groups in total. The van der Waals surface area contributed by atoms with Gasteiger partial charge in [-0.2, -0.15) is 0 Å². The maximum absolute atomic E-state index is 12.5. The molecule has 0 unspecified atom stereocenters. The van der Waals surface area contributed by atoms with Crippen molar-refractivity contribution in [2.75, 3.05) is 6.54 Å². The number of fused-ring (bicyclic) bond motifs is 2. The van der Waals surface area contributed by atoms with E-state index in [4.69, 9.17) is 32.4 Å². The Balaban J connectivity index is 1.52. The Morgan fingerprint density at radius 1 is 1.00 bits per heavy atom. The molecule has 9 heteroatoms. The molecule has 1 aliphatic rings. The second kappa shape index (κ2) is 7.83. The molecule has 0 spiro atoms. The molecule has 0 radical (unpaired) electrons. The van der Waals surface area contributed by atoms with E-state index in [2.05, 4.69) is 0 Å². The standard InChI is InChI=1S/C22H15Cl2NO6/c1-10-3-4-13-12(5-18(26)31-20(13)11(10)2)9-30-19(27)8-25-21(28)14-6-16(23)17(24)7-15(14)22(25)29/h3-7H,8-9H2,1-2H3. The van der Waals surface area contributed by atoms with Gasteiger partial charge in [0.05, 0.1) is 21.2 Å². The zero-order valence-corrected chi connectivity index (χ0v) is 18.0. The van der Waals surface area contributed by atoms with Crippen molar-refractivity contribution < 1.29 is 23.5 Å². The Bertz CT molecular complexity index is 1300.